The Morgan fingerprint density at radius 3 is 2.95 bits per heavy atom. The summed E-state index contributed by atoms with van der Waals surface area (Å²) in [6, 6.07) is 0. The molecule has 0 aliphatic carbocycles. The first kappa shape index (κ1) is 14.2. The van der Waals surface area contributed by atoms with E-state index in [2.05, 4.69) is 25.2 Å². The molecule has 11 heteroatoms. The largest absolute Gasteiger partial charge is 0.368 e. The Labute approximate surface area is 128 Å². The van der Waals surface area contributed by atoms with Crippen LogP contribution in [0.15, 0.2) is 22.1 Å². The van der Waals surface area contributed by atoms with Crippen LogP contribution in [0, 0.1) is 0 Å². The average molecular weight is 344 g/mol. The van der Waals surface area contributed by atoms with Crippen LogP contribution < -0.4 is 10.0 Å². The highest BCUT2D eigenvalue weighted by atomic mass is 32.2. The van der Waals surface area contributed by atoms with Gasteiger partial charge >= 0.3 is 0 Å². The highest BCUT2D eigenvalue weighted by molar-refractivity contribution is 7.93. The Morgan fingerprint density at radius 1 is 1.38 bits per heavy atom. The Bertz CT molecular complexity index is 836. The molecule has 0 amide bonds. The fraction of sp³-hybridized carbons (Fsp3) is 0.300. The summed E-state index contributed by atoms with van der Waals surface area (Å²) < 4.78 is 29.1. The second kappa shape index (κ2) is 5.58. The van der Waals surface area contributed by atoms with Crippen LogP contribution in [-0.4, -0.2) is 34.5 Å². The molecule has 3 rings (SSSR count). The van der Waals surface area contributed by atoms with Crippen molar-refractivity contribution in [1.29, 1.82) is 0 Å². The van der Waals surface area contributed by atoms with Crippen molar-refractivity contribution in [2.24, 2.45) is 0 Å². The molecular weight excluding hydrogens is 332 g/mol. The number of fused-ring (bicyclic) bond motifs is 1. The molecule has 0 unspecified atom stereocenters. The zero-order valence-electron chi connectivity index (χ0n) is 11.0. The number of nitrogens with one attached hydrogen (secondary N) is 2. The zero-order valence-corrected chi connectivity index (χ0v) is 13.4. The molecule has 8 nitrogen and oxygen atoms in total. The molecule has 0 saturated heterocycles. The van der Waals surface area contributed by atoms with Gasteiger partial charge in [0.15, 0.2) is 10.8 Å². The lowest BCUT2D eigenvalue weighted by Gasteiger charge is -2.07. The predicted molar refractivity (Wildman–Crippen MR) is 82.6 cm³/mol. The van der Waals surface area contributed by atoms with Crippen molar-refractivity contribution in [2.45, 2.75) is 18.4 Å². The molecule has 21 heavy (non-hydrogen) atoms. The SMILES string of the molecule is CCCNc1nc2sccn2c1S(=O)(=O)Nc1nncs1. The van der Waals surface area contributed by atoms with Gasteiger partial charge in [-0.05, 0) is 6.42 Å². The minimum atomic E-state index is -3.79. The minimum absolute atomic E-state index is 0.0856. The molecule has 0 spiro atoms. The van der Waals surface area contributed by atoms with Crippen LogP contribution in [0.4, 0.5) is 10.9 Å². The first-order valence-electron chi connectivity index (χ1n) is 6.10. The molecule has 0 aliphatic heterocycles. The van der Waals surface area contributed by atoms with Crippen LogP contribution in [-0.2, 0) is 10.0 Å². The fourth-order valence-electron chi connectivity index (χ4n) is 1.76. The smallest absolute Gasteiger partial charge is 0.283 e. The van der Waals surface area contributed by atoms with Crippen LogP contribution in [0.3, 0.4) is 0 Å². The third-order valence-corrected chi connectivity index (χ3v) is 5.45. The molecule has 0 fully saturated rings. The van der Waals surface area contributed by atoms with Gasteiger partial charge in [-0.25, -0.2) is 4.98 Å². The van der Waals surface area contributed by atoms with E-state index in [-0.39, 0.29) is 10.2 Å². The minimum Gasteiger partial charge on any atom is -0.368 e. The number of sulfonamides is 1. The average Bonchev–Trinajstić information content (AvgIpc) is 3.10. The van der Waals surface area contributed by atoms with E-state index in [0.29, 0.717) is 17.3 Å². The standard InChI is InChI=1S/C10H12N6O2S3/c1-2-3-11-7-8(16-4-5-19-10(16)13-7)21(17,18)15-9-14-12-6-20-9/h4-6,11H,2-3H2,1H3,(H,14,15). The van der Waals surface area contributed by atoms with Gasteiger partial charge in [-0.15, -0.1) is 21.5 Å². The van der Waals surface area contributed by atoms with Gasteiger partial charge in [0, 0.05) is 18.1 Å². The van der Waals surface area contributed by atoms with Crippen LogP contribution in [0.1, 0.15) is 13.3 Å². The summed E-state index contributed by atoms with van der Waals surface area (Å²) in [6.07, 6.45) is 2.55. The molecule has 3 aromatic rings. The second-order valence-corrected chi connectivity index (χ2v) is 7.40. The van der Waals surface area contributed by atoms with Gasteiger partial charge in [-0.3, -0.25) is 9.12 Å². The van der Waals surface area contributed by atoms with Crippen molar-refractivity contribution in [3.8, 4) is 0 Å². The lowest BCUT2D eigenvalue weighted by atomic mass is 10.5. The topological polar surface area (TPSA) is 101 Å². The van der Waals surface area contributed by atoms with Gasteiger partial charge in [0.2, 0.25) is 10.2 Å². The molecule has 0 aromatic carbocycles. The number of anilines is 2. The Kier molecular flexibility index (Phi) is 3.78. The molecule has 0 saturated carbocycles. The van der Waals surface area contributed by atoms with Gasteiger partial charge in [0.25, 0.3) is 10.0 Å². The van der Waals surface area contributed by atoms with E-state index in [1.165, 1.54) is 16.8 Å². The van der Waals surface area contributed by atoms with Crippen LogP contribution in [0.25, 0.3) is 4.96 Å². The third kappa shape index (κ3) is 2.71. The van der Waals surface area contributed by atoms with Crippen molar-refractivity contribution >= 4 is 48.6 Å². The summed E-state index contributed by atoms with van der Waals surface area (Å²) in [5, 5.41) is 12.5. The number of nitrogens with zero attached hydrogens (tertiary/aromatic N) is 4. The van der Waals surface area contributed by atoms with Crippen molar-refractivity contribution < 1.29 is 8.42 Å². The highest BCUT2D eigenvalue weighted by Crippen LogP contribution is 2.27. The van der Waals surface area contributed by atoms with Crippen LogP contribution in [0.5, 0.6) is 0 Å². The maximum absolute atomic E-state index is 12.6. The molecule has 0 aliphatic rings. The van der Waals surface area contributed by atoms with Gasteiger partial charge in [-0.2, -0.15) is 8.42 Å². The van der Waals surface area contributed by atoms with E-state index in [1.807, 2.05) is 6.92 Å². The van der Waals surface area contributed by atoms with Crippen LogP contribution >= 0.6 is 22.7 Å². The first-order valence-corrected chi connectivity index (χ1v) is 9.34. The van der Waals surface area contributed by atoms with Gasteiger partial charge in [0.05, 0.1) is 0 Å². The van der Waals surface area contributed by atoms with E-state index >= 15 is 0 Å². The zero-order chi connectivity index (χ0) is 14.9. The summed E-state index contributed by atoms with van der Waals surface area (Å²) in [7, 11) is -3.79. The van der Waals surface area contributed by atoms with Gasteiger partial charge < -0.3 is 5.32 Å². The van der Waals surface area contributed by atoms with E-state index < -0.39 is 10.0 Å². The molecule has 3 heterocycles. The number of hydrogen-bond donors (Lipinski definition) is 2. The van der Waals surface area contributed by atoms with Crippen molar-refractivity contribution in [3.63, 3.8) is 0 Å². The molecule has 2 N–H and O–H groups in total. The lowest BCUT2D eigenvalue weighted by Crippen LogP contribution is -2.17. The molecule has 112 valence electrons. The van der Waals surface area contributed by atoms with E-state index in [4.69, 9.17) is 0 Å². The van der Waals surface area contributed by atoms with Crippen molar-refractivity contribution in [1.82, 2.24) is 19.6 Å². The molecule has 0 bridgehead atoms. The van der Waals surface area contributed by atoms with E-state index in [9.17, 15) is 8.42 Å². The van der Waals surface area contributed by atoms with E-state index in [1.54, 1.807) is 16.0 Å². The first-order chi connectivity index (χ1) is 10.1. The molecule has 0 radical (unpaired) electrons. The molecular formula is C10H12N6O2S3. The maximum Gasteiger partial charge on any atom is 0.283 e. The third-order valence-electron chi connectivity index (χ3n) is 2.60. The fourth-order valence-corrected chi connectivity index (χ4v) is 4.49. The summed E-state index contributed by atoms with van der Waals surface area (Å²) in [5.74, 6) is 0.348. The Balaban J connectivity index is 2.06. The van der Waals surface area contributed by atoms with Gasteiger partial charge in [-0.1, -0.05) is 18.3 Å². The number of rotatable bonds is 6. The Hall–Kier alpha value is -1.72. The molecule has 0 atom stereocenters. The predicted octanol–water partition coefficient (Wildman–Crippen LogP) is 1.87. The van der Waals surface area contributed by atoms with Crippen LogP contribution in [0.2, 0.25) is 0 Å². The molecule has 3 aromatic heterocycles. The monoisotopic (exact) mass is 344 g/mol. The maximum atomic E-state index is 12.6. The normalized spacial score (nSPS) is 11.9. The summed E-state index contributed by atoms with van der Waals surface area (Å²) in [4.78, 5) is 4.94. The van der Waals surface area contributed by atoms with Crippen molar-refractivity contribution in [2.75, 3.05) is 16.6 Å². The summed E-state index contributed by atoms with van der Waals surface area (Å²) in [6.45, 7) is 2.64. The number of thiazole rings is 1. The highest BCUT2D eigenvalue weighted by Gasteiger charge is 2.26. The summed E-state index contributed by atoms with van der Waals surface area (Å²) >= 11 is 2.49. The number of imidazole rings is 1. The Morgan fingerprint density at radius 2 is 2.24 bits per heavy atom. The van der Waals surface area contributed by atoms with Crippen molar-refractivity contribution in [3.05, 3.63) is 17.1 Å². The number of hydrogen-bond acceptors (Lipinski definition) is 8. The number of aromatic nitrogens is 4. The van der Waals surface area contributed by atoms with E-state index in [0.717, 1.165) is 17.8 Å². The van der Waals surface area contributed by atoms with Gasteiger partial charge in [0.1, 0.15) is 5.51 Å². The second-order valence-electron chi connectivity index (χ2n) is 4.10. The summed E-state index contributed by atoms with van der Waals surface area (Å²) in [5.41, 5.74) is 1.46. The lowest BCUT2D eigenvalue weighted by molar-refractivity contribution is 0.597. The quantitative estimate of drug-likeness (QED) is 0.708.